The van der Waals surface area contributed by atoms with Crippen LogP contribution in [0, 0.1) is 5.92 Å². The lowest BCUT2D eigenvalue weighted by molar-refractivity contribution is 0.0513. The zero-order chi connectivity index (χ0) is 9.90. The van der Waals surface area contributed by atoms with Crippen LogP contribution in [0.25, 0.3) is 0 Å². The van der Waals surface area contributed by atoms with Crippen LogP contribution in [0.2, 0.25) is 0 Å². The van der Waals surface area contributed by atoms with Gasteiger partial charge >= 0.3 is 0 Å². The summed E-state index contributed by atoms with van der Waals surface area (Å²) in [4.78, 5) is 2.48. The summed E-state index contributed by atoms with van der Waals surface area (Å²) in [6.45, 7) is 9.58. The molecule has 0 unspecified atom stereocenters. The van der Waals surface area contributed by atoms with Crippen LogP contribution in [-0.4, -0.2) is 35.2 Å². The Morgan fingerprint density at radius 2 is 2.15 bits per heavy atom. The van der Waals surface area contributed by atoms with Gasteiger partial charge in [-0.05, 0) is 45.6 Å². The monoisotopic (exact) mass is 185 g/mol. The third-order valence-electron chi connectivity index (χ3n) is 2.78. The van der Waals surface area contributed by atoms with Crippen LogP contribution in [0.4, 0.5) is 0 Å². The van der Waals surface area contributed by atoms with E-state index in [0.717, 1.165) is 18.9 Å². The molecule has 1 N–H and O–H groups in total. The van der Waals surface area contributed by atoms with Gasteiger partial charge in [-0.25, -0.2) is 0 Å². The van der Waals surface area contributed by atoms with Crippen molar-refractivity contribution in [3.05, 3.63) is 0 Å². The van der Waals surface area contributed by atoms with Gasteiger partial charge in [-0.3, -0.25) is 0 Å². The number of hydrogen-bond acceptors (Lipinski definition) is 2. The van der Waals surface area contributed by atoms with Gasteiger partial charge in [-0.2, -0.15) is 0 Å². The molecule has 1 fully saturated rings. The van der Waals surface area contributed by atoms with Crippen molar-refractivity contribution >= 4 is 0 Å². The van der Waals surface area contributed by atoms with Crippen molar-refractivity contribution in [2.75, 3.05) is 19.6 Å². The van der Waals surface area contributed by atoms with Crippen molar-refractivity contribution in [3.63, 3.8) is 0 Å². The molecule has 0 spiro atoms. The Kier molecular flexibility index (Phi) is 3.74. The van der Waals surface area contributed by atoms with Gasteiger partial charge < -0.3 is 10.0 Å². The van der Waals surface area contributed by atoms with Gasteiger partial charge in [-0.15, -0.1) is 0 Å². The first-order chi connectivity index (χ1) is 5.97. The topological polar surface area (TPSA) is 23.5 Å². The van der Waals surface area contributed by atoms with Gasteiger partial charge in [0.15, 0.2) is 0 Å². The van der Waals surface area contributed by atoms with E-state index in [1.54, 1.807) is 0 Å². The molecular formula is C11H23NO. The summed E-state index contributed by atoms with van der Waals surface area (Å²) < 4.78 is 0. The molecule has 0 bridgehead atoms. The number of nitrogens with zero attached hydrogens (tertiary/aromatic N) is 1. The van der Waals surface area contributed by atoms with Crippen molar-refractivity contribution in [2.45, 2.75) is 45.6 Å². The van der Waals surface area contributed by atoms with E-state index in [9.17, 15) is 5.11 Å². The third-order valence-corrected chi connectivity index (χ3v) is 2.78. The smallest absolute Gasteiger partial charge is 0.0603 e. The van der Waals surface area contributed by atoms with Crippen molar-refractivity contribution in [2.24, 2.45) is 5.92 Å². The molecule has 1 rings (SSSR count). The standard InChI is InChI=1S/C11H23NO/c1-10-5-4-7-12(9-10)8-6-11(2,3)13/h10,13H,4-9H2,1-3H3/t10-/m0/s1. The summed E-state index contributed by atoms with van der Waals surface area (Å²) in [6, 6.07) is 0. The maximum atomic E-state index is 9.59. The molecule has 78 valence electrons. The highest BCUT2D eigenvalue weighted by Gasteiger charge is 2.19. The number of aliphatic hydroxyl groups is 1. The van der Waals surface area contributed by atoms with Crippen molar-refractivity contribution in [1.29, 1.82) is 0 Å². The highest BCUT2D eigenvalue weighted by molar-refractivity contribution is 4.73. The van der Waals surface area contributed by atoms with Gasteiger partial charge in [0.25, 0.3) is 0 Å². The van der Waals surface area contributed by atoms with Gasteiger partial charge in [0, 0.05) is 13.1 Å². The molecule has 13 heavy (non-hydrogen) atoms. The Bertz CT molecular complexity index is 151. The molecule has 0 saturated carbocycles. The van der Waals surface area contributed by atoms with Gasteiger partial charge in [0.1, 0.15) is 0 Å². The molecule has 0 aromatic carbocycles. The molecule has 1 saturated heterocycles. The SMILES string of the molecule is C[C@H]1CCCN(CCC(C)(C)O)C1. The predicted octanol–water partition coefficient (Wildman–Crippen LogP) is 1.88. The first-order valence-corrected chi connectivity index (χ1v) is 5.42. The molecule has 2 heteroatoms. The van der Waals surface area contributed by atoms with Crippen LogP contribution < -0.4 is 0 Å². The summed E-state index contributed by atoms with van der Waals surface area (Å²) in [6.07, 6.45) is 3.59. The molecule has 0 aromatic heterocycles. The normalized spacial score (nSPS) is 26.3. The van der Waals surface area contributed by atoms with E-state index in [1.807, 2.05) is 13.8 Å². The van der Waals surface area contributed by atoms with Crippen LogP contribution in [-0.2, 0) is 0 Å². The van der Waals surface area contributed by atoms with Gasteiger partial charge in [-0.1, -0.05) is 6.92 Å². The van der Waals surface area contributed by atoms with Crippen LogP contribution in [0.5, 0.6) is 0 Å². The second-order valence-electron chi connectivity index (χ2n) is 5.11. The van der Waals surface area contributed by atoms with Gasteiger partial charge in [0.2, 0.25) is 0 Å². The minimum atomic E-state index is -0.499. The maximum Gasteiger partial charge on any atom is 0.0603 e. The molecule has 0 aromatic rings. The maximum absolute atomic E-state index is 9.59. The number of rotatable bonds is 3. The first-order valence-electron chi connectivity index (χ1n) is 5.42. The molecule has 2 nitrogen and oxygen atoms in total. The van der Waals surface area contributed by atoms with E-state index in [4.69, 9.17) is 0 Å². The molecule has 0 amide bonds. The van der Waals surface area contributed by atoms with E-state index in [0.29, 0.717) is 0 Å². The van der Waals surface area contributed by atoms with E-state index in [2.05, 4.69) is 11.8 Å². The van der Waals surface area contributed by atoms with Crippen LogP contribution in [0.3, 0.4) is 0 Å². The number of hydrogen-bond donors (Lipinski definition) is 1. The molecule has 1 atom stereocenters. The minimum absolute atomic E-state index is 0.499. The second-order valence-corrected chi connectivity index (χ2v) is 5.11. The summed E-state index contributed by atoms with van der Waals surface area (Å²) in [5.41, 5.74) is -0.499. The highest BCUT2D eigenvalue weighted by Crippen LogP contribution is 2.17. The first kappa shape index (κ1) is 11.0. The second kappa shape index (κ2) is 4.43. The fourth-order valence-electron chi connectivity index (χ4n) is 1.92. The summed E-state index contributed by atoms with van der Waals surface area (Å²) in [5.74, 6) is 0.843. The Morgan fingerprint density at radius 1 is 1.46 bits per heavy atom. The Morgan fingerprint density at radius 3 is 2.69 bits per heavy atom. The molecule has 1 aliphatic rings. The van der Waals surface area contributed by atoms with E-state index < -0.39 is 5.60 Å². The Labute approximate surface area is 81.9 Å². The lowest BCUT2D eigenvalue weighted by atomic mass is 9.98. The third kappa shape index (κ3) is 4.63. The van der Waals surface area contributed by atoms with Crippen LogP contribution in [0.1, 0.15) is 40.0 Å². The largest absolute Gasteiger partial charge is 0.390 e. The number of likely N-dealkylation sites (tertiary alicyclic amines) is 1. The zero-order valence-electron chi connectivity index (χ0n) is 9.21. The lowest BCUT2D eigenvalue weighted by Gasteiger charge is -2.32. The average molecular weight is 185 g/mol. The number of piperidine rings is 1. The van der Waals surface area contributed by atoms with E-state index in [1.165, 1.54) is 25.9 Å². The quantitative estimate of drug-likeness (QED) is 0.725. The lowest BCUT2D eigenvalue weighted by Crippen LogP contribution is -2.37. The van der Waals surface area contributed by atoms with Crippen LogP contribution in [0.15, 0.2) is 0 Å². The summed E-state index contributed by atoms with van der Waals surface area (Å²) in [5, 5.41) is 9.59. The molecule has 0 radical (unpaired) electrons. The summed E-state index contributed by atoms with van der Waals surface area (Å²) >= 11 is 0. The average Bonchev–Trinajstić information content (AvgIpc) is 2.00. The highest BCUT2D eigenvalue weighted by atomic mass is 16.3. The van der Waals surface area contributed by atoms with Crippen LogP contribution >= 0.6 is 0 Å². The Hall–Kier alpha value is -0.0800. The predicted molar refractivity (Wildman–Crippen MR) is 55.8 cm³/mol. The minimum Gasteiger partial charge on any atom is -0.390 e. The zero-order valence-corrected chi connectivity index (χ0v) is 9.21. The Balaban J connectivity index is 2.21. The van der Waals surface area contributed by atoms with E-state index in [-0.39, 0.29) is 0 Å². The fraction of sp³-hybridized carbons (Fsp3) is 1.00. The summed E-state index contributed by atoms with van der Waals surface area (Å²) in [7, 11) is 0. The molecular weight excluding hydrogens is 162 g/mol. The van der Waals surface area contributed by atoms with Crippen molar-refractivity contribution in [3.8, 4) is 0 Å². The van der Waals surface area contributed by atoms with Crippen molar-refractivity contribution in [1.82, 2.24) is 4.90 Å². The fourth-order valence-corrected chi connectivity index (χ4v) is 1.92. The molecule has 0 aliphatic carbocycles. The van der Waals surface area contributed by atoms with Crippen molar-refractivity contribution < 1.29 is 5.11 Å². The molecule has 1 heterocycles. The van der Waals surface area contributed by atoms with Gasteiger partial charge in [0.05, 0.1) is 5.60 Å². The van der Waals surface area contributed by atoms with E-state index >= 15 is 0 Å². The molecule has 1 aliphatic heterocycles.